The normalized spacial score (nSPS) is 31.7. The zero-order chi connectivity index (χ0) is 13.3. The maximum Gasteiger partial charge on any atom is 0.330 e. The SMILES string of the molecule is CO[C@@H]1[C@H](O)[C@@H](CO)O[C@H]1n1c(=O)cc[nH]c1=O. The van der Waals surface area contributed by atoms with Gasteiger partial charge < -0.3 is 24.7 Å². The second-order valence-corrected chi connectivity index (χ2v) is 3.93. The van der Waals surface area contributed by atoms with Crippen LogP contribution in [0, 0.1) is 0 Å². The number of nitrogens with zero attached hydrogens (tertiary/aromatic N) is 1. The Labute approximate surface area is 101 Å². The molecule has 0 unspecified atom stereocenters. The van der Waals surface area contributed by atoms with Gasteiger partial charge in [-0.25, -0.2) is 9.36 Å². The van der Waals surface area contributed by atoms with Gasteiger partial charge in [0.25, 0.3) is 5.56 Å². The highest BCUT2D eigenvalue weighted by Crippen LogP contribution is 2.29. The number of hydrogen-bond acceptors (Lipinski definition) is 6. The highest BCUT2D eigenvalue weighted by Gasteiger charge is 2.45. The Morgan fingerprint density at radius 2 is 2.28 bits per heavy atom. The second kappa shape index (κ2) is 5.02. The Bertz CT molecular complexity index is 495. The number of aliphatic hydroxyl groups excluding tert-OH is 2. The minimum absolute atomic E-state index is 0.434. The molecule has 1 saturated heterocycles. The van der Waals surface area contributed by atoms with Crippen molar-refractivity contribution in [2.45, 2.75) is 24.5 Å². The Morgan fingerprint density at radius 1 is 1.56 bits per heavy atom. The molecular weight excluding hydrogens is 244 g/mol. The topological polar surface area (TPSA) is 114 Å². The van der Waals surface area contributed by atoms with Crippen molar-refractivity contribution in [2.75, 3.05) is 13.7 Å². The van der Waals surface area contributed by atoms with E-state index in [1.165, 1.54) is 13.3 Å². The summed E-state index contributed by atoms with van der Waals surface area (Å²) < 4.78 is 11.1. The standard InChI is InChI=1S/C10H14N2O6/c1-17-8-7(15)5(4-13)18-9(8)12-6(14)2-3-11-10(12)16/h2-3,5,7-9,13,15H,4H2,1H3,(H,11,16)/t5-,7-,8-,9-/m1/s1. The molecule has 18 heavy (non-hydrogen) atoms. The van der Waals surface area contributed by atoms with Crippen molar-refractivity contribution in [1.29, 1.82) is 0 Å². The molecule has 1 aromatic heterocycles. The summed E-state index contributed by atoms with van der Waals surface area (Å²) in [5, 5.41) is 18.9. The molecule has 1 fully saturated rings. The van der Waals surface area contributed by atoms with Crippen LogP contribution in [0.15, 0.2) is 21.9 Å². The number of methoxy groups -OCH3 is 1. The van der Waals surface area contributed by atoms with Crippen LogP contribution in [-0.4, -0.2) is 51.8 Å². The lowest BCUT2D eigenvalue weighted by molar-refractivity contribution is -0.0640. The van der Waals surface area contributed by atoms with Gasteiger partial charge in [0.2, 0.25) is 0 Å². The molecule has 8 heteroatoms. The molecular formula is C10H14N2O6. The van der Waals surface area contributed by atoms with E-state index in [1.54, 1.807) is 0 Å². The number of aromatic nitrogens is 2. The second-order valence-electron chi connectivity index (χ2n) is 3.93. The number of aliphatic hydroxyl groups is 2. The molecule has 0 radical (unpaired) electrons. The minimum Gasteiger partial charge on any atom is -0.394 e. The molecule has 0 aromatic carbocycles. The molecule has 3 N–H and O–H groups in total. The fraction of sp³-hybridized carbons (Fsp3) is 0.600. The van der Waals surface area contributed by atoms with Crippen LogP contribution in [0.4, 0.5) is 0 Å². The van der Waals surface area contributed by atoms with Crippen LogP contribution in [0.2, 0.25) is 0 Å². The van der Waals surface area contributed by atoms with Crippen molar-refractivity contribution in [2.24, 2.45) is 0 Å². The zero-order valence-electron chi connectivity index (χ0n) is 9.65. The first-order chi connectivity index (χ1) is 8.60. The lowest BCUT2D eigenvalue weighted by atomic mass is 10.1. The van der Waals surface area contributed by atoms with Crippen molar-refractivity contribution in [3.8, 4) is 0 Å². The van der Waals surface area contributed by atoms with Gasteiger partial charge in [0.15, 0.2) is 6.23 Å². The highest BCUT2D eigenvalue weighted by atomic mass is 16.6. The highest BCUT2D eigenvalue weighted by molar-refractivity contribution is 4.93. The largest absolute Gasteiger partial charge is 0.394 e. The molecule has 1 aromatic rings. The van der Waals surface area contributed by atoms with Gasteiger partial charge in [-0.05, 0) is 0 Å². The average Bonchev–Trinajstić information content (AvgIpc) is 2.65. The molecule has 0 aliphatic carbocycles. The lowest BCUT2D eigenvalue weighted by Gasteiger charge is -2.19. The maximum absolute atomic E-state index is 11.7. The molecule has 0 amide bonds. The predicted octanol–water partition coefficient (Wildman–Crippen LogP) is -2.20. The number of aromatic amines is 1. The summed E-state index contributed by atoms with van der Waals surface area (Å²) in [5.74, 6) is 0. The van der Waals surface area contributed by atoms with Crippen LogP contribution in [0.1, 0.15) is 6.23 Å². The van der Waals surface area contributed by atoms with Crippen molar-refractivity contribution in [1.82, 2.24) is 9.55 Å². The smallest absolute Gasteiger partial charge is 0.330 e. The number of rotatable bonds is 3. The van der Waals surface area contributed by atoms with E-state index in [0.717, 1.165) is 10.6 Å². The van der Waals surface area contributed by atoms with Gasteiger partial charge in [0.1, 0.15) is 18.3 Å². The van der Waals surface area contributed by atoms with E-state index in [2.05, 4.69) is 4.98 Å². The fourth-order valence-electron chi connectivity index (χ4n) is 2.01. The predicted molar refractivity (Wildman–Crippen MR) is 59.1 cm³/mol. The van der Waals surface area contributed by atoms with Gasteiger partial charge in [-0.3, -0.25) is 4.79 Å². The first-order valence-corrected chi connectivity index (χ1v) is 5.37. The van der Waals surface area contributed by atoms with E-state index in [1.807, 2.05) is 0 Å². The molecule has 2 heterocycles. The maximum atomic E-state index is 11.7. The van der Waals surface area contributed by atoms with E-state index in [0.29, 0.717) is 0 Å². The summed E-state index contributed by atoms with van der Waals surface area (Å²) in [5.41, 5.74) is -1.24. The molecule has 100 valence electrons. The fourth-order valence-corrected chi connectivity index (χ4v) is 2.01. The number of hydrogen-bond donors (Lipinski definition) is 3. The van der Waals surface area contributed by atoms with E-state index in [9.17, 15) is 14.7 Å². The molecule has 1 aliphatic rings. The molecule has 0 saturated carbocycles. The number of ether oxygens (including phenoxy) is 2. The first kappa shape index (κ1) is 13.0. The van der Waals surface area contributed by atoms with Crippen molar-refractivity contribution in [3.05, 3.63) is 33.1 Å². The van der Waals surface area contributed by atoms with Crippen molar-refractivity contribution < 1.29 is 19.7 Å². The third-order valence-electron chi connectivity index (χ3n) is 2.91. The minimum atomic E-state index is -1.11. The van der Waals surface area contributed by atoms with Gasteiger partial charge in [0, 0.05) is 19.4 Å². The molecule has 1 aliphatic heterocycles. The van der Waals surface area contributed by atoms with Crippen LogP contribution < -0.4 is 11.2 Å². The summed E-state index contributed by atoms with van der Waals surface area (Å²) in [4.78, 5) is 25.6. The number of H-pyrrole nitrogens is 1. The van der Waals surface area contributed by atoms with Crippen LogP contribution in [0.3, 0.4) is 0 Å². The molecule has 2 rings (SSSR count). The molecule has 0 spiro atoms. The van der Waals surface area contributed by atoms with Crippen LogP contribution in [-0.2, 0) is 9.47 Å². The zero-order valence-corrected chi connectivity index (χ0v) is 9.65. The van der Waals surface area contributed by atoms with E-state index in [4.69, 9.17) is 14.6 Å². The van der Waals surface area contributed by atoms with Crippen molar-refractivity contribution >= 4 is 0 Å². The summed E-state index contributed by atoms with van der Waals surface area (Å²) in [6.45, 7) is -0.434. The Morgan fingerprint density at radius 3 is 2.83 bits per heavy atom. The Balaban J connectivity index is 2.44. The molecule has 8 nitrogen and oxygen atoms in total. The third kappa shape index (κ3) is 1.99. The van der Waals surface area contributed by atoms with Crippen LogP contribution in [0.25, 0.3) is 0 Å². The third-order valence-corrected chi connectivity index (χ3v) is 2.91. The quantitative estimate of drug-likeness (QED) is 0.567. The van der Waals surface area contributed by atoms with Gasteiger partial charge in [-0.15, -0.1) is 0 Å². The Kier molecular flexibility index (Phi) is 3.62. The van der Waals surface area contributed by atoms with Crippen molar-refractivity contribution in [3.63, 3.8) is 0 Å². The van der Waals surface area contributed by atoms with Gasteiger partial charge in [-0.1, -0.05) is 0 Å². The molecule has 4 atom stereocenters. The molecule has 0 bridgehead atoms. The van der Waals surface area contributed by atoms with Crippen LogP contribution >= 0.6 is 0 Å². The van der Waals surface area contributed by atoms with Gasteiger partial charge in [0.05, 0.1) is 6.61 Å². The summed E-state index contributed by atoms with van der Waals surface area (Å²) >= 11 is 0. The summed E-state index contributed by atoms with van der Waals surface area (Å²) in [6, 6.07) is 1.16. The van der Waals surface area contributed by atoms with E-state index >= 15 is 0 Å². The monoisotopic (exact) mass is 258 g/mol. The van der Waals surface area contributed by atoms with Gasteiger partial charge in [-0.2, -0.15) is 0 Å². The van der Waals surface area contributed by atoms with E-state index in [-0.39, 0.29) is 0 Å². The summed E-state index contributed by atoms with van der Waals surface area (Å²) in [7, 11) is 1.33. The number of nitrogens with one attached hydrogen (secondary N) is 1. The van der Waals surface area contributed by atoms with E-state index < -0.39 is 42.4 Å². The lowest BCUT2D eigenvalue weighted by Crippen LogP contribution is -2.42. The van der Waals surface area contributed by atoms with Crippen LogP contribution in [0.5, 0.6) is 0 Å². The summed E-state index contributed by atoms with van der Waals surface area (Å²) in [6.07, 6.45) is -2.76. The van der Waals surface area contributed by atoms with Gasteiger partial charge >= 0.3 is 5.69 Å². The average molecular weight is 258 g/mol. The Hall–Kier alpha value is -1.48. The first-order valence-electron chi connectivity index (χ1n) is 5.37.